The average Bonchev–Trinajstić information content (AvgIpc) is 2.39. The molecule has 0 aliphatic carbocycles. The van der Waals surface area contributed by atoms with Crippen LogP contribution in [0, 0.1) is 11.2 Å². The van der Waals surface area contributed by atoms with Crippen molar-refractivity contribution in [2.24, 2.45) is 5.41 Å². The predicted molar refractivity (Wildman–Crippen MR) is 85.2 cm³/mol. The normalized spacial score (nSPS) is 13.6. The van der Waals surface area contributed by atoms with Crippen LogP contribution in [0.4, 0.5) is 4.39 Å². The molecule has 4 nitrogen and oxygen atoms in total. The molecule has 5 heteroatoms. The number of ether oxygens (including phenoxy) is 1. The molecule has 0 unspecified atom stereocenters. The van der Waals surface area contributed by atoms with Gasteiger partial charge in [-0.15, -0.1) is 0 Å². The molecule has 22 heavy (non-hydrogen) atoms. The molecule has 126 valence electrons. The number of hydrogen-bond donors (Lipinski definition) is 3. The van der Waals surface area contributed by atoms with Crippen LogP contribution in [-0.4, -0.2) is 51.5 Å². The summed E-state index contributed by atoms with van der Waals surface area (Å²) in [6, 6.07) is 6.54. The van der Waals surface area contributed by atoms with Gasteiger partial charge in [-0.1, -0.05) is 18.2 Å². The molecule has 0 bridgehead atoms. The maximum Gasteiger partial charge on any atom is 0.128 e. The third kappa shape index (κ3) is 7.84. The van der Waals surface area contributed by atoms with Gasteiger partial charge in [0.15, 0.2) is 0 Å². The molecule has 0 heterocycles. The van der Waals surface area contributed by atoms with E-state index in [2.05, 4.69) is 33.3 Å². The Kier molecular flexibility index (Phi) is 7.96. The largest absolute Gasteiger partial charge is 0.385 e. The van der Waals surface area contributed by atoms with E-state index in [9.17, 15) is 9.50 Å². The Hall–Kier alpha value is -1.01. The molecule has 0 aliphatic heterocycles. The van der Waals surface area contributed by atoms with Gasteiger partial charge in [0.1, 0.15) is 18.5 Å². The summed E-state index contributed by atoms with van der Waals surface area (Å²) in [4.78, 5) is 1.42. The Balaban J connectivity index is 2.19. The zero-order valence-electron chi connectivity index (χ0n) is 14.2. The summed E-state index contributed by atoms with van der Waals surface area (Å²) in [5, 5.41) is 12.0. The highest BCUT2D eigenvalue weighted by atomic mass is 19.1. The number of aliphatic hydroxyl groups excluding tert-OH is 1. The van der Waals surface area contributed by atoms with Gasteiger partial charge in [0.2, 0.25) is 0 Å². The van der Waals surface area contributed by atoms with Gasteiger partial charge in [0, 0.05) is 5.56 Å². The minimum Gasteiger partial charge on any atom is -0.385 e. The maximum atomic E-state index is 13.4. The van der Waals surface area contributed by atoms with Gasteiger partial charge in [-0.2, -0.15) is 0 Å². The Labute approximate surface area is 133 Å². The van der Waals surface area contributed by atoms with E-state index in [0.717, 1.165) is 13.1 Å². The van der Waals surface area contributed by atoms with Crippen LogP contribution >= 0.6 is 0 Å². The molecule has 1 atom stereocenters. The summed E-state index contributed by atoms with van der Waals surface area (Å²) in [6.07, 6.45) is -0.533. The summed E-state index contributed by atoms with van der Waals surface area (Å²) in [5.74, 6) is -0.267. The fourth-order valence-electron chi connectivity index (χ4n) is 2.68. The lowest BCUT2D eigenvalue weighted by atomic mass is 9.93. The molecule has 0 amide bonds. The lowest BCUT2D eigenvalue weighted by molar-refractivity contribution is -0.868. The second kappa shape index (κ2) is 9.20. The Morgan fingerprint density at radius 2 is 2.00 bits per heavy atom. The molecule has 4 N–H and O–H groups in total. The Morgan fingerprint density at radius 1 is 1.32 bits per heavy atom. The van der Waals surface area contributed by atoms with Crippen LogP contribution in [0.25, 0.3) is 0 Å². The topological polar surface area (TPSA) is 50.5 Å². The molecule has 0 saturated heterocycles. The van der Waals surface area contributed by atoms with Gasteiger partial charge in [-0.05, 0) is 19.9 Å². The standard InChI is InChI=1S/C17H29FN2O2/c1-17(2,13-20(3)4)12-19-9-15(21)11-22-10-14-7-5-6-8-16(14)18/h5-8,15,19,21H,9-13H2,1-4H3/p+2/t15-/m1/s1. The minimum atomic E-state index is -0.533. The molecule has 0 spiro atoms. The highest BCUT2D eigenvalue weighted by molar-refractivity contribution is 5.16. The molecule has 0 saturated carbocycles. The molecular weight excluding hydrogens is 283 g/mol. The first-order chi connectivity index (χ1) is 10.3. The second-order valence-electron chi connectivity index (χ2n) is 7.04. The molecule has 1 aromatic rings. The highest BCUT2D eigenvalue weighted by Gasteiger charge is 2.24. The van der Waals surface area contributed by atoms with Gasteiger partial charge in [0.05, 0.1) is 45.8 Å². The number of halogens is 1. The lowest BCUT2D eigenvalue weighted by Crippen LogP contribution is -3.08. The lowest BCUT2D eigenvalue weighted by Gasteiger charge is -2.24. The van der Waals surface area contributed by atoms with E-state index in [-0.39, 0.29) is 24.4 Å². The van der Waals surface area contributed by atoms with E-state index < -0.39 is 6.10 Å². The Bertz CT molecular complexity index is 438. The number of quaternary nitrogens is 2. The van der Waals surface area contributed by atoms with Crippen molar-refractivity contribution in [1.29, 1.82) is 0 Å². The van der Waals surface area contributed by atoms with Crippen molar-refractivity contribution in [3.63, 3.8) is 0 Å². The van der Waals surface area contributed by atoms with Crippen molar-refractivity contribution >= 4 is 0 Å². The van der Waals surface area contributed by atoms with Crippen molar-refractivity contribution in [3.05, 3.63) is 35.6 Å². The SMILES string of the molecule is C[NH+](C)CC(C)(C)C[NH2+]C[C@@H](O)COCc1ccccc1F. The third-order valence-corrected chi connectivity index (χ3v) is 3.49. The van der Waals surface area contributed by atoms with Gasteiger partial charge in [0.25, 0.3) is 0 Å². The molecule has 0 radical (unpaired) electrons. The van der Waals surface area contributed by atoms with E-state index in [0.29, 0.717) is 12.1 Å². The maximum absolute atomic E-state index is 13.4. The average molecular weight is 314 g/mol. The number of rotatable bonds is 10. The van der Waals surface area contributed by atoms with Crippen LogP contribution in [-0.2, 0) is 11.3 Å². The van der Waals surface area contributed by atoms with E-state index in [1.807, 2.05) is 0 Å². The minimum absolute atomic E-state index is 0.194. The molecule has 0 aliphatic rings. The van der Waals surface area contributed by atoms with Crippen LogP contribution in [0.3, 0.4) is 0 Å². The van der Waals surface area contributed by atoms with Crippen molar-refractivity contribution in [3.8, 4) is 0 Å². The van der Waals surface area contributed by atoms with Crippen molar-refractivity contribution in [2.45, 2.75) is 26.6 Å². The fourth-order valence-corrected chi connectivity index (χ4v) is 2.68. The molecule has 1 aromatic carbocycles. The zero-order chi connectivity index (χ0) is 16.6. The van der Waals surface area contributed by atoms with Crippen LogP contribution in [0.1, 0.15) is 19.4 Å². The summed E-state index contributed by atoms with van der Waals surface area (Å²) in [7, 11) is 4.29. The predicted octanol–water partition coefficient (Wildman–Crippen LogP) is -0.563. The van der Waals surface area contributed by atoms with E-state index >= 15 is 0 Å². The van der Waals surface area contributed by atoms with E-state index in [4.69, 9.17) is 4.74 Å². The van der Waals surface area contributed by atoms with Gasteiger partial charge < -0.3 is 20.1 Å². The number of nitrogens with two attached hydrogens (primary N) is 1. The van der Waals surface area contributed by atoms with Crippen LogP contribution in [0.2, 0.25) is 0 Å². The summed E-state index contributed by atoms with van der Waals surface area (Å²) in [5.41, 5.74) is 0.751. The van der Waals surface area contributed by atoms with E-state index in [1.54, 1.807) is 18.2 Å². The van der Waals surface area contributed by atoms with Crippen LogP contribution < -0.4 is 10.2 Å². The quantitative estimate of drug-likeness (QED) is 0.542. The van der Waals surface area contributed by atoms with Gasteiger partial charge in [-0.3, -0.25) is 0 Å². The second-order valence-corrected chi connectivity index (χ2v) is 7.04. The van der Waals surface area contributed by atoms with Crippen LogP contribution in [0.15, 0.2) is 24.3 Å². The molecule has 0 fully saturated rings. The third-order valence-electron chi connectivity index (χ3n) is 3.49. The number of nitrogens with one attached hydrogen (secondary N) is 1. The van der Waals surface area contributed by atoms with E-state index in [1.165, 1.54) is 11.0 Å². The zero-order valence-corrected chi connectivity index (χ0v) is 14.2. The van der Waals surface area contributed by atoms with Crippen molar-refractivity contribution in [2.75, 3.05) is 40.3 Å². The first kappa shape index (κ1) is 19.0. The van der Waals surface area contributed by atoms with Gasteiger partial charge in [-0.25, -0.2) is 4.39 Å². The summed E-state index contributed by atoms with van der Waals surface area (Å²) >= 11 is 0. The highest BCUT2D eigenvalue weighted by Crippen LogP contribution is 2.08. The first-order valence-electron chi connectivity index (χ1n) is 7.90. The number of benzene rings is 1. The van der Waals surface area contributed by atoms with Gasteiger partial charge >= 0.3 is 0 Å². The molecular formula is C17H31FN2O2+2. The summed E-state index contributed by atoms with van der Waals surface area (Å²) in [6.45, 7) is 7.54. The monoisotopic (exact) mass is 314 g/mol. The fraction of sp³-hybridized carbons (Fsp3) is 0.647. The summed E-state index contributed by atoms with van der Waals surface area (Å²) < 4.78 is 18.8. The van der Waals surface area contributed by atoms with Crippen molar-refractivity contribution < 1.29 is 24.5 Å². The first-order valence-corrected chi connectivity index (χ1v) is 7.90. The number of aliphatic hydroxyl groups is 1. The smallest absolute Gasteiger partial charge is 0.128 e. The van der Waals surface area contributed by atoms with Crippen molar-refractivity contribution in [1.82, 2.24) is 0 Å². The Morgan fingerprint density at radius 3 is 2.64 bits per heavy atom. The molecule has 0 aromatic heterocycles. The number of hydrogen-bond acceptors (Lipinski definition) is 2. The molecule has 1 rings (SSSR count). The van der Waals surface area contributed by atoms with Crippen LogP contribution in [0.5, 0.6) is 0 Å².